The van der Waals surface area contributed by atoms with Gasteiger partial charge in [-0.15, -0.1) is 0 Å². The molecule has 7 rings (SSSR count). The third-order valence-electron chi connectivity index (χ3n) is 11.0. The molecule has 2 aromatic rings. The van der Waals surface area contributed by atoms with Crippen molar-refractivity contribution in [1.29, 1.82) is 0 Å². The summed E-state index contributed by atoms with van der Waals surface area (Å²) in [4.78, 5) is 15.8. The molecule has 226 valence electrons. The third kappa shape index (κ3) is 5.22. The van der Waals surface area contributed by atoms with Gasteiger partial charge in [-0.05, 0) is 117 Å². The van der Waals surface area contributed by atoms with E-state index in [-0.39, 0.29) is 23.4 Å². The molecule has 2 heterocycles. The van der Waals surface area contributed by atoms with Crippen LogP contribution in [-0.2, 0) is 21.9 Å². The number of carbonyl (C=O) groups is 1. The third-order valence-corrected chi connectivity index (χ3v) is 13.0. The second-order valence-corrected chi connectivity index (χ2v) is 16.0. The van der Waals surface area contributed by atoms with Gasteiger partial charge in [0.2, 0.25) is 10.0 Å². The predicted molar refractivity (Wildman–Crippen MR) is 164 cm³/mol. The van der Waals surface area contributed by atoms with Gasteiger partial charge in [-0.3, -0.25) is 4.79 Å². The zero-order chi connectivity index (χ0) is 29.1. The number of aliphatic hydroxyl groups excluding tert-OH is 1. The van der Waals surface area contributed by atoms with Crippen molar-refractivity contribution in [3.63, 3.8) is 0 Å². The van der Waals surface area contributed by atoms with E-state index in [0.717, 1.165) is 75.2 Å². The van der Waals surface area contributed by atoms with Crippen LogP contribution >= 0.6 is 11.6 Å². The normalized spacial score (nSPS) is 34.2. The van der Waals surface area contributed by atoms with Gasteiger partial charge in [0, 0.05) is 29.1 Å². The maximum Gasteiger partial charge on any atom is 0.264 e. The van der Waals surface area contributed by atoms with Crippen LogP contribution in [0.25, 0.3) is 0 Å². The molecule has 1 unspecified atom stereocenters. The first-order valence-electron chi connectivity index (χ1n) is 15.8. The van der Waals surface area contributed by atoms with Gasteiger partial charge in [0.25, 0.3) is 5.91 Å². The Kier molecular flexibility index (Phi) is 7.47. The van der Waals surface area contributed by atoms with Gasteiger partial charge in [0.05, 0.1) is 23.6 Å². The summed E-state index contributed by atoms with van der Waals surface area (Å²) in [5, 5.41) is 11.5. The number of fused-ring (bicyclic) bond motifs is 6. The van der Waals surface area contributed by atoms with Crippen molar-refractivity contribution in [3.8, 4) is 5.75 Å². The topological polar surface area (TPSA) is 95.9 Å². The Morgan fingerprint density at radius 1 is 1.02 bits per heavy atom. The highest BCUT2D eigenvalue weighted by Gasteiger charge is 2.45. The van der Waals surface area contributed by atoms with E-state index in [1.165, 1.54) is 11.1 Å². The summed E-state index contributed by atoms with van der Waals surface area (Å²) in [5.74, 6) is 0.958. The van der Waals surface area contributed by atoms with Gasteiger partial charge in [-0.25, -0.2) is 13.1 Å². The number of hydrogen-bond acceptors (Lipinski definition) is 6. The highest BCUT2D eigenvalue weighted by atomic mass is 35.5. The fourth-order valence-corrected chi connectivity index (χ4v) is 10.3. The van der Waals surface area contributed by atoms with Crippen molar-refractivity contribution < 1.29 is 23.1 Å². The fourth-order valence-electron chi connectivity index (χ4n) is 8.54. The number of aliphatic hydroxyl groups is 1. The number of nitrogens with zero attached hydrogens (tertiary/aromatic N) is 1. The van der Waals surface area contributed by atoms with Crippen molar-refractivity contribution >= 4 is 33.2 Å². The van der Waals surface area contributed by atoms with Crippen molar-refractivity contribution in [2.24, 2.45) is 17.8 Å². The van der Waals surface area contributed by atoms with Crippen molar-refractivity contribution in [1.82, 2.24) is 4.72 Å². The maximum atomic E-state index is 13.4. The number of carbonyl (C=O) groups excluding carboxylic acids is 1. The van der Waals surface area contributed by atoms with Crippen LogP contribution in [0.3, 0.4) is 0 Å². The number of amides is 1. The minimum absolute atomic E-state index is 0.230. The quantitative estimate of drug-likeness (QED) is 0.401. The van der Waals surface area contributed by atoms with Crippen LogP contribution in [-0.4, -0.2) is 50.5 Å². The molecule has 3 aliphatic carbocycles. The molecule has 0 aromatic heterocycles. The zero-order valence-electron chi connectivity index (χ0n) is 24.1. The molecule has 42 heavy (non-hydrogen) atoms. The monoisotopic (exact) mass is 612 g/mol. The van der Waals surface area contributed by atoms with E-state index < -0.39 is 21.2 Å². The number of halogens is 1. The van der Waals surface area contributed by atoms with Crippen LogP contribution in [0.5, 0.6) is 5.75 Å². The lowest BCUT2D eigenvalue weighted by Gasteiger charge is -2.46. The molecule has 1 amide bonds. The van der Waals surface area contributed by atoms with E-state index in [1.54, 1.807) is 6.07 Å². The van der Waals surface area contributed by atoms with Gasteiger partial charge in [0.1, 0.15) is 5.75 Å². The lowest BCUT2D eigenvalue weighted by atomic mass is 9.67. The minimum Gasteiger partial charge on any atom is -0.490 e. The van der Waals surface area contributed by atoms with Gasteiger partial charge in [-0.1, -0.05) is 30.5 Å². The Bertz CT molecular complexity index is 1480. The molecule has 0 saturated heterocycles. The molecule has 1 spiro atoms. The number of ether oxygens (including phenoxy) is 1. The first kappa shape index (κ1) is 28.5. The minimum atomic E-state index is -3.82. The molecule has 4 bridgehead atoms. The van der Waals surface area contributed by atoms with Crippen LogP contribution in [0.15, 0.2) is 36.4 Å². The molecule has 2 fully saturated rings. The summed E-state index contributed by atoms with van der Waals surface area (Å²) in [6.07, 6.45) is 9.16. The summed E-state index contributed by atoms with van der Waals surface area (Å²) in [5.41, 5.74) is 3.45. The second kappa shape index (κ2) is 11.0. The first-order chi connectivity index (χ1) is 20.2. The van der Waals surface area contributed by atoms with Crippen molar-refractivity contribution in [2.45, 2.75) is 87.4 Å². The molecule has 2 aromatic carbocycles. The van der Waals surface area contributed by atoms with Crippen LogP contribution in [0, 0.1) is 17.8 Å². The highest BCUT2D eigenvalue weighted by molar-refractivity contribution is 7.90. The lowest BCUT2D eigenvalue weighted by molar-refractivity contribution is 0.00597. The fraction of sp³-hybridized carbons (Fsp3) is 0.606. The predicted octanol–water partition coefficient (Wildman–Crippen LogP) is 5.61. The Morgan fingerprint density at radius 3 is 2.74 bits per heavy atom. The smallest absolute Gasteiger partial charge is 0.264 e. The maximum absolute atomic E-state index is 13.4. The Labute approximate surface area is 254 Å². The van der Waals surface area contributed by atoms with Crippen molar-refractivity contribution in [3.05, 3.63) is 58.1 Å². The molecule has 2 saturated carbocycles. The van der Waals surface area contributed by atoms with E-state index >= 15 is 0 Å². The Balaban J connectivity index is 1.28. The summed E-state index contributed by atoms with van der Waals surface area (Å²) in [6, 6.07) is 11.5. The number of rotatable bonds is 0. The summed E-state index contributed by atoms with van der Waals surface area (Å²) >= 11 is 6.40. The van der Waals surface area contributed by atoms with E-state index in [4.69, 9.17) is 16.3 Å². The summed E-state index contributed by atoms with van der Waals surface area (Å²) < 4.78 is 35.7. The van der Waals surface area contributed by atoms with Gasteiger partial charge >= 0.3 is 0 Å². The molecular formula is C33H41ClN2O5S. The van der Waals surface area contributed by atoms with E-state index in [2.05, 4.69) is 21.8 Å². The number of benzene rings is 2. The van der Waals surface area contributed by atoms with E-state index in [1.807, 2.05) is 18.2 Å². The van der Waals surface area contributed by atoms with E-state index in [9.17, 15) is 18.3 Å². The number of nitrogens with one attached hydrogen (secondary N) is 1. The summed E-state index contributed by atoms with van der Waals surface area (Å²) in [7, 11) is -3.82. The molecule has 5 aliphatic rings. The van der Waals surface area contributed by atoms with Crippen LogP contribution < -0.4 is 14.4 Å². The molecule has 2 N–H and O–H groups in total. The average molecular weight is 613 g/mol. The second-order valence-electron chi connectivity index (χ2n) is 13.6. The van der Waals surface area contributed by atoms with E-state index in [0.29, 0.717) is 43.1 Å². The van der Waals surface area contributed by atoms with Crippen molar-refractivity contribution in [2.75, 3.05) is 24.6 Å². The van der Waals surface area contributed by atoms with Crippen LogP contribution in [0.2, 0.25) is 5.02 Å². The molecule has 9 heteroatoms. The SMILES string of the molecule is O=C1NS(=O)(=O)[C@@H]2CCCC(CC[C@H](O)[C@@H]3CC[C@H]3CN3C[C@@]4(CCCc5cc(Cl)ccc54)COc4ccc1cc43)C2. The van der Waals surface area contributed by atoms with Gasteiger partial charge < -0.3 is 14.7 Å². The largest absolute Gasteiger partial charge is 0.490 e. The lowest BCUT2D eigenvalue weighted by Crippen LogP contribution is -2.49. The Hall–Kier alpha value is -2.29. The molecular weight excluding hydrogens is 572 g/mol. The number of sulfonamides is 1. The molecule has 0 radical (unpaired) electrons. The molecule has 7 nitrogen and oxygen atoms in total. The number of anilines is 1. The zero-order valence-corrected chi connectivity index (χ0v) is 25.6. The highest BCUT2D eigenvalue weighted by Crippen LogP contribution is 2.47. The first-order valence-corrected chi connectivity index (χ1v) is 17.7. The number of aryl methyl sites for hydroxylation is 1. The van der Waals surface area contributed by atoms with Crippen LogP contribution in [0.1, 0.15) is 85.7 Å². The number of hydrogen-bond donors (Lipinski definition) is 2. The molecule has 2 aliphatic heterocycles. The molecule has 6 atom stereocenters. The Morgan fingerprint density at radius 2 is 1.90 bits per heavy atom. The van der Waals surface area contributed by atoms with Crippen LogP contribution in [0.4, 0.5) is 5.69 Å². The van der Waals surface area contributed by atoms with Gasteiger partial charge in [-0.2, -0.15) is 0 Å². The van der Waals surface area contributed by atoms with Gasteiger partial charge in [0.15, 0.2) is 0 Å². The average Bonchev–Trinajstić information content (AvgIpc) is 3.10. The standard InChI is InChI=1S/C33H41ClN2O5S/c34-25-9-11-28-22(16-25)4-2-14-33(28)19-36-18-24-7-10-27(24)30(37)12-6-21-3-1-5-26(15-21)42(39,40)35-32(38)23-8-13-31(41-20-33)29(36)17-23/h8-9,11,13,16-17,21,24,26-27,30,37H,1-7,10,12,14-15,18-20H2,(H,35,38)/t21?,24-,26+,27+,30-,33-/m0/s1. The summed E-state index contributed by atoms with van der Waals surface area (Å²) in [6.45, 7) is 2.00.